The summed E-state index contributed by atoms with van der Waals surface area (Å²) in [5, 5.41) is 0. The highest BCUT2D eigenvalue weighted by atomic mass is 16.5. The van der Waals surface area contributed by atoms with Gasteiger partial charge < -0.3 is 16.2 Å². The van der Waals surface area contributed by atoms with Crippen molar-refractivity contribution >= 4 is 12.4 Å². The quantitative estimate of drug-likeness (QED) is 0.318. The van der Waals surface area contributed by atoms with Gasteiger partial charge in [-0.1, -0.05) is 30.3 Å². The van der Waals surface area contributed by atoms with E-state index in [4.69, 9.17) is 16.2 Å². The SMILES string of the molecule is NC(N)=NCCCC(OC=O)c1ccccc1. The number of nitrogens with zero attached hydrogens (tertiary/aromatic N) is 1. The molecule has 0 spiro atoms. The molecule has 17 heavy (non-hydrogen) atoms. The van der Waals surface area contributed by atoms with Gasteiger partial charge in [0.05, 0.1) is 0 Å². The van der Waals surface area contributed by atoms with Crippen molar-refractivity contribution in [1.82, 2.24) is 0 Å². The Labute approximate surface area is 100 Å². The lowest BCUT2D eigenvalue weighted by molar-refractivity contribution is -0.134. The van der Waals surface area contributed by atoms with Gasteiger partial charge in [0.25, 0.3) is 6.47 Å². The Morgan fingerprint density at radius 2 is 2.06 bits per heavy atom. The second-order valence-electron chi connectivity index (χ2n) is 3.58. The first kappa shape index (κ1) is 13.0. The van der Waals surface area contributed by atoms with E-state index in [1.54, 1.807) is 0 Å². The number of hydrogen-bond acceptors (Lipinski definition) is 3. The van der Waals surface area contributed by atoms with Crippen LogP contribution in [0.2, 0.25) is 0 Å². The zero-order chi connectivity index (χ0) is 12.5. The predicted octanol–water partition coefficient (Wildman–Crippen LogP) is 0.954. The fourth-order valence-electron chi connectivity index (χ4n) is 1.53. The molecular formula is C12H17N3O2. The first-order chi connectivity index (χ1) is 8.24. The topological polar surface area (TPSA) is 90.7 Å². The average Bonchev–Trinajstić information content (AvgIpc) is 2.34. The fraction of sp³-hybridized carbons (Fsp3) is 0.333. The van der Waals surface area contributed by atoms with Crippen molar-refractivity contribution in [2.75, 3.05) is 6.54 Å². The first-order valence-electron chi connectivity index (χ1n) is 5.43. The van der Waals surface area contributed by atoms with Gasteiger partial charge in [0, 0.05) is 6.54 Å². The Balaban J connectivity index is 2.49. The maximum absolute atomic E-state index is 10.4. The van der Waals surface area contributed by atoms with Crippen molar-refractivity contribution in [3.63, 3.8) is 0 Å². The second kappa shape index (κ2) is 7.27. The molecule has 0 aliphatic rings. The van der Waals surface area contributed by atoms with Crippen LogP contribution in [-0.4, -0.2) is 19.0 Å². The van der Waals surface area contributed by atoms with Gasteiger partial charge >= 0.3 is 0 Å². The minimum absolute atomic E-state index is 0.0811. The summed E-state index contributed by atoms with van der Waals surface area (Å²) in [6.07, 6.45) is 1.22. The number of hydrogen-bond donors (Lipinski definition) is 2. The van der Waals surface area contributed by atoms with E-state index in [2.05, 4.69) is 4.99 Å². The molecule has 1 aromatic rings. The van der Waals surface area contributed by atoms with Crippen LogP contribution in [0.5, 0.6) is 0 Å². The molecule has 0 aliphatic heterocycles. The standard InChI is InChI=1S/C12H17N3O2/c13-12(14)15-8-4-7-11(17-9-16)10-5-2-1-3-6-10/h1-3,5-6,9,11H,4,7-8H2,(H4,13,14,15). The Kier molecular flexibility index (Phi) is 5.57. The average molecular weight is 235 g/mol. The molecule has 0 saturated heterocycles. The molecule has 5 heteroatoms. The zero-order valence-corrected chi connectivity index (χ0v) is 9.58. The molecule has 0 heterocycles. The largest absolute Gasteiger partial charge is 0.460 e. The van der Waals surface area contributed by atoms with E-state index in [1.807, 2.05) is 30.3 Å². The third kappa shape index (κ3) is 5.01. The normalized spacial score (nSPS) is 11.5. The van der Waals surface area contributed by atoms with Crippen LogP contribution in [0.15, 0.2) is 35.3 Å². The van der Waals surface area contributed by atoms with E-state index in [0.29, 0.717) is 19.4 Å². The third-order valence-corrected chi connectivity index (χ3v) is 2.31. The zero-order valence-electron chi connectivity index (χ0n) is 9.58. The van der Waals surface area contributed by atoms with Gasteiger partial charge in [-0.3, -0.25) is 9.79 Å². The molecule has 1 rings (SSSR count). The molecule has 0 radical (unpaired) electrons. The van der Waals surface area contributed by atoms with Gasteiger partial charge in [0.1, 0.15) is 6.10 Å². The third-order valence-electron chi connectivity index (χ3n) is 2.31. The highest BCUT2D eigenvalue weighted by Crippen LogP contribution is 2.21. The number of guanidine groups is 1. The van der Waals surface area contributed by atoms with Gasteiger partial charge in [0.15, 0.2) is 5.96 Å². The summed E-state index contributed by atoms with van der Waals surface area (Å²) < 4.78 is 5.04. The summed E-state index contributed by atoms with van der Waals surface area (Å²) in [4.78, 5) is 14.3. The number of nitrogens with two attached hydrogens (primary N) is 2. The lowest BCUT2D eigenvalue weighted by Gasteiger charge is -2.14. The highest BCUT2D eigenvalue weighted by Gasteiger charge is 2.10. The minimum Gasteiger partial charge on any atom is -0.460 e. The molecule has 4 N–H and O–H groups in total. The van der Waals surface area contributed by atoms with E-state index in [0.717, 1.165) is 12.0 Å². The van der Waals surface area contributed by atoms with Crippen molar-refractivity contribution < 1.29 is 9.53 Å². The predicted molar refractivity (Wildman–Crippen MR) is 66.2 cm³/mol. The van der Waals surface area contributed by atoms with E-state index in [-0.39, 0.29) is 12.1 Å². The lowest BCUT2D eigenvalue weighted by Crippen LogP contribution is -2.23. The fourth-order valence-corrected chi connectivity index (χ4v) is 1.53. The number of carbonyl (C=O) groups excluding carboxylic acids is 1. The van der Waals surface area contributed by atoms with Crippen LogP contribution in [0.1, 0.15) is 24.5 Å². The lowest BCUT2D eigenvalue weighted by atomic mass is 10.1. The van der Waals surface area contributed by atoms with Crippen molar-refractivity contribution in [3.05, 3.63) is 35.9 Å². The molecule has 92 valence electrons. The van der Waals surface area contributed by atoms with E-state index in [9.17, 15) is 4.79 Å². The Morgan fingerprint density at radius 1 is 1.35 bits per heavy atom. The maximum Gasteiger partial charge on any atom is 0.293 e. The van der Waals surface area contributed by atoms with Crippen LogP contribution >= 0.6 is 0 Å². The van der Waals surface area contributed by atoms with Crippen molar-refractivity contribution in [3.8, 4) is 0 Å². The van der Waals surface area contributed by atoms with Crippen LogP contribution in [0, 0.1) is 0 Å². The molecule has 0 aromatic heterocycles. The smallest absolute Gasteiger partial charge is 0.293 e. The maximum atomic E-state index is 10.4. The van der Waals surface area contributed by atoms with E-state index in [1.165, 1.54) is 0 Å². The Morgan fingerprint density at radius 3 is 2.65 bits per heavy atom. The molecule has 0 fully saturated rings. The first-order valence-corrected chi connectivity index (χ1v) is 5.43. The summed E-state index contributed by atoms with van der Waals surface area (Å²) in [5.41, 5.74) is 11.4. The number of ether oxygens (including phenoxy) is 1. The van der Waals surface area contributed by atoms with E-state index >= 15 is 0 Å². The van der Waals surface area contributed by atoms with Crippen molar-refractivity contribution in [2.45, 2.75) is 18.9 Å². The van der Waals surface area contributed by atoms with Crippen molar-refractivity contribution in [2.24, 2.45) is 16.5 Å². The molecule has 5 nitrogen and oxygen atoms in total. The highest BCUT2D eigenvalue weighted by molar-refractivity contribution is 5.75. The van der Waals surface area contributed by atoms with Gasteiger partial charge in [-0.25, -0.2) is 0 Å². The van der Waals surface area contributed by atoms with Gasteiger partial charge in [-0.05, 0) is 18.4 Å². The molecule has 0 amide bonds. The molecule has 0 aliphatic carbocycles. The van der Waals surface area contributed by atoms with Crippen molar-refractivity contribution in [1.29, 1.82) is 0 Å². The van der Waals surface area contributed by atoms with Crippen LogP contribution < -0.4 is 11.5 Å². The molecule has 1 unspecified atom stereocenters. The van der Waals surface area contributed by atoms with Crippen LogP contribution in [0.25, 0.3) is 0 Å². The number of carbonyl (C=O) groups is 1. The number of aliphatic imine (C=N–C) groups is 1. The van der Waals surface area contributed by atoms with Crippen LogP contribution in [0.4, 0.5) is 0 Å². The Bertz CT molecular complexity index is 361. The molecular weight excluding hydrogens is 218 g/mol. The Hall–Kier alpha value is -2.04. The number of rotatable bonds is 7. The van der Waals surface area contributed by atoms with Gasteiger partial charge in [-0.15, -0.1) is 0 Å². The minimum atomic E-state index is -0.233. The summed E-state index contributed by atoms with van der Waals surface area (Å²) in [6.45, 7) is 1.01. The molecule has 0 saturated carbocycles. The summed E-state index contributed by atoms with van der Waals surface area (Å²) in [7, 11) is 0. The molecule has 1 atom stereocenters. The summed E-state index contributed by atoms with van der Waals surface area (Å²) in [6, 6.07) is 9.59. The second-order valence-corrected chi connectivity index (χ2v) is 3.58. The van der Waals surface area contributed by atoms with Crippen LogP contribution in [-0.2, 0) is 9.53 Å². The molecule has 0 bridgehead atoms. The van der Waals surface area contributed by atoms with Crippen LogP contribution in [0.3, 0.4) is 0 Å². The monoisotopic (exact) mass is 235 g/mol. The van der Waals surface area contributed by atoms with Gasteiger partial charge in [-0.2, -0.15) is 0 Å². The molecule has 1 aromatic carbocycles. The number of benzene rings is 1. The summed E-state index contributed by atoms with van der Waals surface area (Å²) in [5.74, 6) is 0.0811. The summed E-state index contributed by atoms with van der Waals surface area (Å²) >= 11 is 0. The van der Waals surface area contributed by atoms with Gasteiger partial charge in [0.2, 0.25) is 0 Å². The van der Waals surface area contributed by atoms with E-state index < -0.39 is 0 Å².